The minimum Gasteiger partial charge on any atom is -0.465 e. The van der Waals surface area contributed by atoms with Crippen molar-refractivity contribution in [2.75, 3.05) is 24.3 Å². The maximum atomic E-state index is 13.9. The number of carbonyl (C=O) groups excluding carboxylic acids is 1. The average molecular weight is 430 g/mol. The second-order valence-electron chi connectivity index (χ2n) is 8.32. The fourth-order valence-corrected chi connectivity index (χ4v) is 3.02. The molecule has 166 valence electrons. The number of hydrogen-bond acceptors (Lipinski definition) is 8. The van der Waals surface area contributed by atoms with Crippen molar-refractivity contribution >= 4 is 36.0 Å². The number of ether oxygens (including phenoxy) is 1. The van der Waals surface area contributed by atoms with Crippen molar-refractivity contribution < 1.29 is 23.2 Å². The Morgan fingerprint density at radius 1 is 1.23 bits per heavy atom. The van der Waals surface area contributed by atoms with Crippen molar-refractivity contribution in [3.8, 4) is 0 Å². The summed E-state index contributed by atoms with van der Waals surface area (Å²) in [6, 6.07) is 5.09. The van der Waals surface area contributed by atoms with E-state index < -0.39 is 30.1 Å². The predicted octanol–water partition coefficient (Wildman–Crippen LogP) is 3.27. The molecule has 2 N–H and O–H groups in total. The molecule has 1 aromatic carbocycles. The molecule has 2 heterocycles. The zero-order valence-corrected chi connectivity index (χ0v) is 18.7. The second kappa shape index (κ2) is 8.80. The largest absolute Gasteiger partial charge is 0.495 e. The Morgan fingerprint density at radius 2 is 1.90 bits per heavy atom. The van der Waals surface area contributed by atoms with Crippen molar-refractivity contribution in [2.45, 2.75) is 52.2 Å². The van der Waals surface area contributed by atoms with Crippen molar-refractivity contribution in [2.24, 2.45) is 0 Å². The number of hydrogen-bond donors (Lipinski definition) is 2. The van der Waals surface area contributed by atoms with Crippen LogP contribution in [0.2, 0.25) is 0 Å². The molecule has 31 heavy (non-hydrogen) atoms. The van der Waals surface area contributed by atoms with Crippen molar-refractivity contribution in [3.63, 3.8) is 0 Å². The summed E-state index contributed by atoms with van der Waals surface area (Å²) in [5.41, 5.74) is 0.282. The van der Waals surface area contributed by atoms with Crippen LogP contribution < -0.4 is 16.1 Å². The van der Waals surface area contributed by atoms with Crippen LogP contribution in [-0.4, -0.2) is 47.9 Å². The number of methoxy groups -OCH3 is 1. The van der Waals surface area contributed by atoms with Gasteiger partial charge in [-0.2, -0.15) is 4.98 Å². The van der Waals surface area contributed by atoms with Gasteiger partial charge in [-0.3, -0.25) is 0 Å². The molecule has 0 saturated carbocycles. The van der Waals surface area contributed by atoms with Gasteiger partial charge in [-0.05, 0) is 51.7 Å². The van der Waals surface area contributed by atoms with Crippen LogP contribution in [-0.2, 0) is 14.0 Å². The number of aromatic nitrogens is 2. The van der Waals surface area contributed by atoms with E-state index >= 15 is 0 Å². The number of anilines is 3. The van der Waals surface area contributed by atoms with Crippen LogP contribution in [0.4, 0.5) is 21.8 Å². The Bertz CT molecular complexity index is 954. The first-order chi connectivity index (χ1) is 14.6. The number of carbonyl (C=O) groups is 1. The van der Waals surface area contributed by atoms with Gasteiger partial charge in [0.15, 0.2) is 11.6 Å². The summed E-state index contributed by atoms with van der Waals surface area (Å²) in [4.78, 5) is 20.6. The Morgan fingerprint density at radius 3 is 2.52 bits per heavy atom. The minimum atomic E-state index is -0.722. The molecule has 0 bridgehead atoms. The van der Waals surface area contributed by atoms with Crippen LogP contribution in [0.1, 0.15) is 51.4 Å². The lowest BCUT2D eigenvalue weighted by atomic mass is 9.75. The first-order valence-corrected chi connectivity index (χ1v) is 10.2. The SMILES string of the molecule is CCCNc1nc(Nc2ccc(B3OC(C)(C)C(C)(C)O3)c(C(=O)OC)c2)ncc1F. The molecular formula is C21H28BFN4O4. The van der Waals surface area contributed by atoms with E-state index in [0.717, 1.165) is 12.6 Å². The molecule has 0 unspecified atom stereocenters. The Hall–Kier alpha value is -2.72. The van der Waals surface area contributed by atoms with E-state index in [0.29, 0.717) is 17.7 Å². The van der Waals surface area contributed by atoms with E-state index in [1.807, 2.05) is 34.6 Å². The molecule has 1 fully saturated rings. The van der Waals surface area contributed by atoms with Gasteiger partial charge in [0.1, 0.15) is 0 Å². The van der Waals surface area contributed by atoms with E-state index in [-0.39, 0.29) is 17.3 Å². The topological polar surface area (TPSA) is 94.6 Å². The smallest absolute Gasteiger partial charge is 0.465 e. The lowest BCUT2D eigenvalue weighted by molar-refractivity contribution is 0.00578. The van der Waals surface area contributed by atoms with Crippen molar-refractivity contribution in [1.82, 2.24) is 9.97 Å². The second-order valence-corrected chi connectivity index (χ2v) is 8.32. The van der Waals surface area contributed by atoms with Crippen LogP contribution in [0.5, 0.6) is 0 Å². The third kappa shape index (κ3) is 4.80. The van der Waals surface area contributed by atoms with Gasteiger partial charge in [0.25, 0.3) is 0 Å². The Labute approximate surface area is 182 Å². The monoisotopic (exact) mass is 430 g/mol. The highest BCUT2D eigenvalue weighted by Gasteiger charge is 2.52. The molecule has 1 aliphatic heterocycles. The molecule has 0 atom stereocenters. The Balaban J connectivity index is 1.90. The van der Waals surface area contributed by atoms with E-state index in [1.165, 1.54) is 7.11 Å². The molecule has 1 aliphatic rings. The van der Waals surface area contributed by atoms with Crippen LogP contribution in [0.25, 0.3) is 0 Å². The molecular weight excluding hydrogens is 402 g/mol. The van der Waals surface area contributed by atoms with Crippen molar-refractivity contribution in [3.05, 3.63) is 35.8 Å². The first-order valence-electron chi connectivity index (χ1n) is 10.2. The number of benzene rings is 1. The quantitative estimate of drug-likeness (QED) is 0.511. The maximum Gasteiger partial charge on any atom is 0.495 e. The lowest BCUT2D eigenvalue weighted by Crippen LogP contribution is -2.41. The number of rotatable bonds is 7. The summed E-state index contributed by atoms with van der Waals surface area (Å²) in [6.07, 6.45) is 1.92. The third-order valence-corrected chi connectivity index (χ3v) is 5.51. The highest BCUT2D eigenvalue weighted by molar-refractivity contribution is 6.63. The van der Waals surface area contributed by atoms with Crippen molar-refractivity contribution in [1.29, 1.82) is 0 Å². The summed E-state index contributed by atoms with van der Waals surface area (Å²) in [7, 11) is 0.589. The normalized spacial score (nSPS) is 16.8. The number of nitrogens with one attached hydrogen (secondary N) is 2. The summed E-state index contributed by atoms with van der Waals surface area (Å²) >= 11 is 0. The number of nitrogens with zero attached hydrogens (tertiary/aromatic N) is 2. The zero-order chi connectivity index (χ0) is 22.8. The fourth-order valence-electron chi connectivity index (χ4n) is 3.02. The zero-order valence-electron chi connectivity index (χ0n) is 18.7. The lowest BCUT2D eigenvalue weighted by Gasteiger charge is -2.32. The van der Waals surface area contributed by atoms with Crippen LogP contribution in [0.3, 0.4) is 0 Å². The summed E-state index contributed by atoms with van der Waals surface area (Å²) in [5.74, 6) is -0.760. The molecule has 3 rings (SSSR count). The summed E-state index contributed by atoms with van der Waals surface area (Å²) in [6.45, 7) is 10.3. The molecule has 0 amide bonds. The van der Waals surface area contributed by atoms with Crippen LogP contribution in [0.15, 0.2) is 24.4 Å². The third-order valence-electron chi connectivity index (χ3n) is 5.51. The van der Waals surface area contributed by atoms with Gasteiger partial charge in [-0.1, -0.05) is 13.0 Å². The fraction of sp³-hybridized carbons (Fsp3) is 0.476. The van der Waals surface area contributed by atoms with Gasteiger partial charge in [-0.25, -0.2) is 14.2 Å². The van der Waals surface area contributed by atoms with Gasteiger partial charge >= 0.3 is 13.1 Å². The minimum absolute atomic E-state index is 0.112. The summed E-state index contributed by atoms with van der Waals surface area (Å²) < 4.78 is 31.0. The van der Waals surface area contributed by atoms with E-state index in [9.17, 15) is 9.18 Å². The molecule has 2 aromatic rings. The highest BCUT2D eigenvalue weighted by Crippen LogP contribution is 2.37. The molecule has 8 nitrogen and oxygen atoms in total. The standard InChI is InChI=1S/C21H28BFN4O4/c1-7-10-24-17-16(23)12-25-19(27-17)26-13-8-9-15(14(11-13)18(28)29-6)22-30-20(2,3)21(4,5)31-22/h8-9,11-12H,7,10H2,1-6H3,(H2,24,25,26,27). The highest BCUT2D eigenvalue weighted by atomic mass is 19.1. The Kier molecular flexibility index (Phi) is 6.52. The molecule has 0 spiro atoms. The van der Waals surface area contributed by atoms with E-state index in [4.69, 9.17) is 14.0 Å². The molecule has 1 aromatic heterocycles. The van der Waals surface area contributed by atoms with Gasteiger partial charge in [0.2, 0.25) is 5.95 Å². The van der Waals surface area contributed by atoms with Crippen LogP contribution >= 0.6 is 0 Å². The van der Waals surface area contributed by atoms with Gasteiger partial charge in [0.05, 0.1) is 30.1 Å². The first kappa shape index (κ1) is 23.0. The van der Waals surface area contributed by atoms with Gasteiger partial charge in [-0.15, -0.1) is 0 Å². The summed E-state index contributed by atoms with van der Waals surface area (Å²) in [5, 5.41) is 5.92. The van der Waals surface area contributed by atoms with Gasteiger partial charge < -0.3 is 24.7 Å². The molecule has 10 heteroatoms. The average Bonchev–Trinajstić information content (AvgIpc) is 2.94. The molecule has 0 aliphatic carbocycles. The number of halogens is 1. The van der Waals surface area contributed by atoms with Crippen LogP contribution in [0, 0.1) is 5.82 Å². The molecule has 1 saturated heterocycles. The van der Waals surface area contributed by atoms with Gasteiger partial charge in [0, 0.05) is 12.2 Å². The maximum absolute atomic E-state index is 13.9. The predicted molar refractivity (Wildman–Crippen MR) is 118 cm³/mol. The molecule has 0 radical (unpaired) electrons. The van der Waals surface area contributed by atoms with E-state index in [1.54, 1.807) is 18.2 Å². The van der Waals surface area contributed by atoms with E-state index in [2.05, 4.69) is 20.6 Å². The number of esters is 1.